The van der Waals surface area contributed by atoms with Crippen LogP contribution in [0.4, 0.5) is 8.78 Å². The maximum Gasteiger partial charge on any atom is 0.306 e. The highest BCUT2D eigenvalue weighted by molar-refractivity contribution is 7.89. The van der Waals surface area contributed by atoms with Crippen LogP contribution in [-0.2, 0) is 20.7 Å². The first-order chi connectivity index (χ1) is 19.7. The van der Waals surface area contributed by atoms with E-state index in [9.17, 15) is 18.0 Å². The number of halogens is 2. The summed E-state index contributed by atoms with van der Waals surface area (Å²) in [5.41, 5.74) is -0.842. The van der Waals surface area contributed by atoms with Gasteiger partial charge in [-0.25, -0.2) is 18.1 Å². The molecule has 2 fully saturated rings. The smallest absolute Gasteiger partial charge is 0.306 e. The fraction of sp³-hybridized carbons (Fsp3) is 0.500. The number of rotatable bonds is 8. The van der Waals surface area contributed by atoms with E-state index in [0.29, 0.717) is 42.0 Å². The number of aromatic nitrogens is 1. The summed E-state index contributed by atoms with van der Waals surface area (Å²) in [7, 11) is -3.94. The number of nitrogens with zero attached hydrogens (tertiary/aromatic N) is 1. The molecule has 42 heavy (non-hydrogen) atoms. The van der Waals surface area contributed by atoms with Crippen LogP contribution in [0.15, 0.2) is 41.3 Å². The number of aliphatic carboxylic acids is 1. The lowest BCUT2D eigenvalue weighted by Gasteiger charge is -2.32. The van der Waals surface area contributed by atoms with Gasteiger partial charge in [0.1, 0.15) is 5.69 Å². The number of alkyl halides is 2. The fourth-order valence-electron chi connectivity index (χ4n) is 5.83. The first-order valence-corrected chi connectivity index (χ1v) is 16.5. The molecule has 3 N–H and O–H groups in total. The van der Waals surface area contributed by atoms with Crippen molar-refractivity contribution in [3.8, 4) is 10.4 Å². The van der Waals surface area contributed by atoms with Gasteiger partial charge in [0.2, 0.25) is 10.0 Å². The van der Waals surface area contributed by atoms with Gasteiger partial charge in [-0.1, -0.05) is 49.6 Å². The second-order valence-electron chi connectivity index (χ2n) is 12.3. The van der Waals surface area contributed by atoms with E-state index in [1.54, 1.807) is 45.0 Å². The van der Waals surface area contributed by atoms with Crippen LogP contribution < -0.4 is 10.0 Å². The van der Waals surface area contributed by atoms with E-state index < -0.39 is 50.9 Å². The minimum atomic E-state index is -3.94. The molecule has 1 aromatic heterocycles. The molecule has 3 aromatic rings. The number of hydrogen-bond acceptors (Lipinski definition) is 6. The molecule has 0 atom stereocenters. The third-order valence-electron chi connectivity index (χ3n) is 7.94. The molecular formula is C30H35F2N3O5S2. The number of carboxylic acids is 1. The molecule has 0 spiro atoms. The van der Waals surface area contributed by atoms with E-state index in [2.05, 4.69) is 15.0 Å². The van der Waals surface area contributed by atoms with Gasteiger partial charge >= 0.3 is 5.97 Å². The summed E-state index contributed by atoms with van der Waals surface area (Å²) in [5, 5.41) is 12.6. The van der Waals surface area contributed by atoms with Crippen LogP contribution in [0.3, 0.4) is 0 Å². The lowest BCUT2D eigenvalue weighted by Crippen LogP contribution is -2.46. The summed E-state index contributed by atoms with van der Waals surface area (Å²) >= 11 is 0.849. The number of hydrogen-bond donors (Lipinski definition) is 3. The van der Waals surface area contributed by atoms with E-state index in [1.807, 2.05) is 0 Å². The molecule has 0 radical (unpaired) electrons. The number of carboxylic acid groups (broad SMARTS) is 1. The predicted molar refractivity (Wildman–Crippen MR) is 157 cm³/mol. The van der Waals surface area contributed by atoms with E-state index in [0.717, 1.165) is 17.8 Å². The second-order valence-corrected chi connectivity index (χ2v) is 15.0. The summed E-state index contributed by atoms with van der Waals surface area (Å²) in [6, 6.07) is 9.28. The number of carbonyl (C=O) groups excluding carboxylic acids is 1. The van der Waals surface area contributed by atoms with E-state index in [1.165, 1.54) is 12.1 Å². The lowest BCUT2D eigenvalue weighted by atomic mass is 9.80. The molecule has 2 aliphatic carbocycles. The van der Waals surface area contributed by atoms with Crippen molar-refractivity contribution in [1.82, 2.24) is 15.0 Å². The monoisotopic (exact) mass is 619 g/mol. The average molecular weight is 620 g/mol. The fourth-order valence-corrected chi connectivity index (χ4v) is 8.51. The highest BCUT2D eigenvalue weighted by Gasteiger charge is 2.46. The highest BCUT2D eigenvalue weighted by atomic mass is 32.2. The second kappa shape index (κ2) is 11.3. The molecular weight excluding hydrogens is 584 g/mol. The number of thiazole rings is 1. The molecule has 1 amide bonds. The molecule has 226 valence electrons. The Morgan fingerprint density at radius 1 is 1.00 bits per heavy atom. The van der Waals surface area contributed by atoms with Crippen molar-refractivity contribution in [2.24, 2.45) is 11.8 Å². The van der Waals surface area contributed by atoms with Crippen LogP contribution in [0.2, 0.25) is 0 Å². The van der Waals surface area contributed by atoms with E-state index in [-0.39, 0.29) is 33.7 Å². The Hall–Kier alpha value is -2.96. The Bertz CT molecular complexity index is 1620. The molecule has 12 heteroatoms. The Balaban J connectivity index is 1.60. The minimum Gasteiger partial charge on any atom is -0.481 e. The first kappa shape index (κ1) is 30.5. The van der Waals surface area contributed by atoms with E-state index >= 15 is 8.78 Å². The summed E-state index contributed by atoms with van der Waals surface area (Å²) in [4.78, 5) is 28.7. The molecule has 0 saturated heterocycles. The number of carbonyl (C=O) groups is 2. The maximum atomic E-state index is 16.2. The van der Waals surface area contributed by atoms with Crippen LogP contribution in [0.25, 0.3) is 21.2 Å². The number of sulfonamides is 1. The summed E-state index contributed by atoms with van der Waals surface area (Å²) in [6.07, 6.45) is 3.51. The van der Waals surface area contributed by atoms with Crippen molar-refractivity contribution in [3.63, 3.8) is 0 Å². The van der Waals surface area contributed by atoms with E-state index in [4.69, 9.17) is 5.11 Å². The zero-order valence-corrected chi connectivity index (χ0v) is 25.4. The minimum absolute atomic E-state index is 0.0258. The van der Waals surface area contributed by atoms with Crippen LogP contribution in [0, 0.1) is 11.8 Å². The first-order valence-electron chi connectivity index (χ1n) is 14.2. The van der Waals surface area contributed by atoms with Crippen molar-refractivity contribution in [3.05, 3.63) is 47.1 Å². The van der Waals surface area contributed by atoms with Crippen LogP contribution in [0.5, 0.6) is 0 Å². The normalized spacial score (nSPS) is 20.3. The standard InChI is InChI=1S/C30H35F2N3O5S2/c1-29(2,3)35-42(39,40)23-14-13-22(20-11-7-8-12-21(20)23)24-25(30(31,32)18-9-5-4-6-10-18)34-27(41-24)26(36)33-19-15-17(16-19)28(37)38/h7-8,11-14,17-19,35H,4-6,9-10,15-16H2,1-3H3,(H,33,36)(H,37,38). The molecule has 0 unspecified atom stereocenters. The van der Waals surface area contributed by atoms with Gasteiger partial charge in [-0.2, -0.15) is 8.78 Å². The molecule has 0 bridgehead atoms. The quantitative estimate of drug-likeness (QED) is 0.272. The topological polar surface area (TPSA) is 125 Å². The number of amides is 1. The molecule has 2 saturated carbocycles. The summed E-state index contributed by atoms with van der Waals surface area (Å²) in [5.74, 6) is -6.33. The molecule has 5 rings (SSSR count). The molecule has 2 aliphatic rings. The highest BCUT2D eigenvalue weighted by Crippen LogP contribution is 2.49. The van der Waals surface area contributed by atoms with Gasteiger partial charge in [0.15, 0.2) is 5.01 Å². The average Bonchev–Trinajstić information content (AvgIpc) is 3.35. The Labute approximate surface area is 248 Å². The zero-order chi connectivity index (χ0) is 30.4. The van der Waals surface area contributed by atoms with Crippen LogP contribution in [0.1, 0.15) is 81.2 Å². The van der Waals surface area contributed by atoms with Gasteiger partial charge in [0, 0.05) is 28.4 Å². The molecule has 1 heterocycles. The molecule has 2 aromatic carbocycles. The van der Waals surface area contributed by atoms with Gasteiger partial charge < -0.3 is 10.4 Å². The van der Waals surface area contributed by atoms with Gasteiger partial charge in [-0.05, 0) is 57.9 Å². The number of nitrogens with one attached hydrogen (secondary N) is 2. The van der Waals surface area contributed by atoms with Gasteiger partial charge in [-0.3, -0.25) is 9.59 Å². The number of fused-ring (bicyclic) bond motifs is 1. The number of benzene rings is 2. The van der Waals surface area contributed by atoms with Crippen LogP contribution in [-0.4, -0.2) is 42.0 Å². The SMILES string of the molecule is CC(C)(C)NS(=O)(=O)c1ccc(-c2sc(C(=O)NC3CC(C(=O)O)C3)nc2C(F)(F)C2CCCCC2)c2ccccc12. The van der Waals surface area contributed by atoms with Crippen molar-refractivity contribution in [2.45, 2.75) is 88.1 Å². The largest absolute Gasteiger partial charge is 0.481 e. The third kappa shape index (κ3) is 6.07. The predicted octanol–water partition coefficient (Wildman–Crippen LogP) is 6.31. The molecule has 8 nitrogen and oxygen atoms in total. The Kier molecular flexibility index (Phi) is 8.19. The summed E-state index contributed by atoms with van der Waals surface area (Å²) < 4.78 is 61.7. The van der Waals surface area contributed by atoms with Crippen LogP contribution >= 0.6 is 11.3 Å². The van der Waals surface area contributed by atoms with Gasteiger partial charge in [-0.15, -0.1) is 11.3 Å². The van der Waals surface area contributed by atoms with Crippen molar-refractivity contribution < 1.29 is 31.9 Å². The Morgan fingerprint density at radius 3 is 2.26 bits per heavy atom. The third-order valence-corrected chi connectivity index (χ3v) is 10.8. The molecule has 0 aliphatic heterocycles. The van der Waals surface area contributed by atoms with Crippen molar-refractivity contribution in [1.29, 1.82) is 0 Å². The lowest BCUT2D eigenvalue weighted by molar-refractivity contribution is -0.145. The van der Waals surface area contributed by atoms with Crippen molar-refractivity contribution in [2.75, 3.05) is 0 Å². The van der Waals surface area contributed by atoms with Gasteiger partial charge in [0.25, 0.3) is 11.8 Å². The Morgan fingerprint density at radius 2 is 1.64 bits per heavy atom. The zero-order valence-electron chi connectivity index (χ0n) is 23.7. The summed E-state index contributed by atoms with van der Waals surface area (Å²) in [6.45, 7) is 5.20. The van der Waals surface area contributed by atoms with Crippen molar-refractivity contribution >= 4 is 44.0 Å². The maximum absolute atomic E-state index is 16.2. The van der Waals surface area contributed by atoms with Gasteiger partial charge in [0.05, 0.1) is 15.7 Å².